The summed E-state index contributed by atoms with van der Waals surface area (Å²) in [4.78, 5) is 30.5. The molecule has 0 saturated carbocycles. The van der Waals surface area contributed by atoms with Crippen molar-refractivity contribution in [1.29, 1.82) is 0 Å². The summed E-state index contributed by atoms with van der Waals surface area (Å²) in [5.41, 5.74) is 1.45. The Bertz CT molecular complexity index is 1010. The minimum atomic E-state index is -0.630. The number of amides is 2. The van der Waals surface area contributed by atoms with Gasteiger partial charge in [-0.25, -0.2) is 14.3 Å². The lowest BCUT2D eigenvalue weighted by atomic mass is 10.1. The average molecular weight is 310 g/mol. The molecule has 0 spiro atoms. The number of anilines is 1. The van der Waals surface area contributed by atoms with Gasteiger partial charge in [-0.2, -0.15) is 5.10 Å². The fourth-order valence-corrected chi connectivity index (χ4v) is 2.97. The number of pyridine rings is 1. The number of carbonyl (C=O) groups excluding carboxylic acids is 2. The Kier molecular flexibility index (Phi) is 2.63. The van der Waals surface area contributed by atoms with Gasteiger partial charge in [-0.15, -0.1) is 0 Å². The summed E-state index contributed by atoms with van der Waals surface area (Å²) in [7, 11) is 1.71. The summed E-state index contributed by atoms with van der Waals surface area (Å²) in [5, 5.41) is 4.77. The fourth-order valence-electron chi connectivity index (χ4n) is 2.97. The van der Waals surface area contributed by atoms with E-state index in [0.717, 1.165) is 4.90 Å². The number of hydrogen-bond acceptors (Lipinski definition) is 4. The first-order valence-corrected chi connectivity index (χ1v) is 6.96. The van der Waals surface area contributed by atoms with Crippen molar-refractivity contribution in [2.75, 3.05) is 4.90 Å². The minimum absolute atomic E-state index is 0.0617. The van der Waals surface area contributed by atoms with Gasteiger partial charge in [-0.05, 0) is 19.1 Å². The zero-order chi connectivity index (χ0) is 16.3. The predicted octanol–water partition coefficient (Wildman–Crippen LogP) is 2.22. The number of halogens is 1. The number of benzene rings is 1. The Morgan fingerprint density at radius 3 is 2.61 bits per heavy atom. The molecule has 0 saturated heterocycles. The van der Waals surface area contributed by atoms with Gasteiger partial charge >= 0.3 is 0 Å². The Morgan fingerprint density at radius 2 is 1.87 bits per heavy atom. The number of carbonyl (C=O) groups is 2. The molecule has 0 fully saturated rings. The van der Waals surface area contributed by atoms with Gasteiger partial charge in [0.05, 0.1) is 27.9 Å². The zero-order valence-corrected chi connectivity index (χ0v) is 12.4. The summed E-state index contributed by atoms with van der Waals surface area (Å²) >= 11 is 0. The van der Waals surface area contributed by atoms with Crippen molar-refractivity contribution in [3.8, 4) is 0 Å². The lowest BCUT2D eigenvalue weighted by Gasteiger charge is -2.14. The van der Waals surface area contributed by atoms with Gasteiger partial charge in [-0.1, -0.05) is 12.1 Å². The van der Waals surface area contributed by atoms with Gasteiger partial charge < -0.3 is 0 Å². The molecule has 2 aromatic heterocycles. The van der Waals surface area contributed by atoms with Crippen LogP contribution in [0.1, 0.15) is 26.4 Å². The first-order valence-electron chi connectivity index (χ1n) is 6.96. The summed E-state index contributed by atoms with van der Waals surface area (Å²) in [6.07, 6.45) is 1.35. The monoisotopic (exact) mass is 310 g/mol. The van der Waals surface area contributed by atoms with Gasteiger partial charge in [0.2, 0.25) is 0 Å². The molecule has 7 heteroatoms. The van der Waals surface area contributed by atoms with E-state index in [9.17, 15) is 14.0 Å². The molecule has 0 aliphatic carbocycles. The van der Waals surface area contributed by atoms with Gasteiger partial charge in [-0.3, -0.25) is 14.3 Å². The highest BCUT2D eigenvalue weighted by Crippen LogP contribution is 2.34. The van der Waals surface area contributed by atoms with E-state index >= 15 is 0 Å². The topological polar surface area (TPSA) is 68.1 Å². The van der Waals surface area contributed by atoms with E-state index < -0.39 is 17.6 Å². The van der Waals surface area contributed by atoms with Gasteiger partial charge in [0.25, 0.3) is 11.8 Å². The highest BCUT2D eigenvalue weighted by atomic mass is 19.1. The molecule has 1 aliphatic heterocycles. The molecule has 1 aliphatic rings. The molecule has 114 valence electrons. The maximum absolute atomic E-state index is 14.0. The maximum Gasteiger partial charge on any atom is 0.267 e. The zero-order valence-electron chi connectivity index (χ0n) is 12.4. The van der Waals surface area contributed by atoms with Crippen molar-refractivity contribution in [3.05, 3.63) is 53.1 Å². The van der Waals surface area contributed by atoms with Gasteiger partial charge in [0, 0.05) is 13.2 Å². The van der Waals surface area contributed by atoms with E-state index in [0.29, 0.717) is 16.7 Å². The second-order valence-electron chi connectivity index (χ2n) is 5.35. The van der Waals surface area contributed by atoms with Crippen molar-refractivity contribution in [1.82, 2.24) is 14.8 Å². The lowest BCUT2D eigenvalue weighted by Crippen LogP contribution is -2.30. The number of hydrogen-bond donors (Lipinski definition) is 0. The second kappa shape index (κ2) is 4.45. The number of aryl methyl sites for hydroxylation is 2. The maximum atomic E-state index is 14.0. The van der Waals surface area contributed by atoms with E-state index in [2.05, 4.69) is 10.1 Å². The van der Waals surface area contributed by atoms with Crippen LogP contribution >= 0.6 is 0 Å². The lowest BCUT2D eigenvalue weighted by molar-refractivity contribution is 0.0925. The van der Waals surface area contributed by atoms with Crippen molar-refractivity contribution in [2.45, 2.75) is 6.92 Å². The van der Waals surface area contributed by atoms with Crippen LogP contribution in [-0.4, -0.2) is 26.6 Å². The number of fused-ring (bicyclic) bond motifs is 3. The standard InChI is InChI=1S/C16H11FN4O2/c1-8-12-13-9(7-18-14(12)20(2)19-8)15(22)21(16(13)23)11-6-4-3-5-10(11)17/h3-7H,1-2H3. The van der Waals surface area contributed by atoms with Gasteiger partial charge in [0.15, 0.2) is 5.65 Å². The van der Waals surface area contributed by atoms with Crippen molar-refractivity contribution in [3.63, 3.8) is 0 Å². The Labute approximate surface area is 130 Å². The molecule has 4 rings (SSSR count). The Hall–Kier alpha value is -3.09. The fraction of sp³-hybridized carbons (Fsp3) is 0.125. The van der Waals surface area contributed by atoms with E-state index in [-0.39, 0.29) is 16.8 Å². The number of nitrogens with zero attached hydrogens (tertiary/aromatic N) is 4. The summed E-state index contributed by atoms with van der Waals surface area (Å²) in [5.74, 6) is -1.76. The minimum Gasteiger partial charge on any atom is -0.268 e. The second-order valence-corrected chi connectivity index (χ2v) is 5.35. The quantitative estimate of drug-likeness (QED) is 0.646. The van der Waals surface area contributed by atoms with E-state index in [1.165, 1.54) is 24.4 Å². The van der Waals surface area contributed by atoms with Crippen LogP contribution in [-0.2, 0) is 7.05 Å². The molecular formula is C16H11FN4O2. The van der Waals surface area contributed by atoms with Crippen LogP contribution in [0.25, 0.3) is 11.0 Å². The van der Waals surface area contributed by atoms with Crippen molar-refractivity contribution >= 4 is 28.5 Å². The molecule has 0 bridgehead atoms. The molecule has 0 radical (unpaired) electrons. The molecule has 0 unspecified atom stereocenters. The molecule has 1 aromatic carbocycles. The van der Waals surface area contributed by atoms with Crippen LogP contribution in [0.4, 0.5) is 10.1 Å². The van der Waals surface area contributed by atoms with Crippen LogP contribution in [0.2, 0.25) is 0 Å². The van der Waals surface area contributed by atoms with Crippen molar-refractivity contribution in [2.24, 2.45) is 7.05 Å². The predicted molar refractivity (Wildman–Crippen MR) is 80.8 cm³/mol. The molecule has 3 heterocycles. The molecule has 6 nitrogen and oxygen atoms in total. The van der Waals surface area contributed by atoms with Crippen LogP contribution in [0.3, 0.4) is 0 Å². The molecular weight excluding hydrogens is 299 g/mol. The van der Waals surface area contributed by atoms with E-state index in [4.69, 9.17) is 0 Å². The van der Waals surface area contributed by atoms with Crippen LogP contribution in [0.15, 0.2) is 30.5 Å². The first-order chi connectivity index (χ1) is 11.0. The smallest absolute Gasteiger partial charge is 0.267 e. The Balaban J connectivity index is 2.00. The number of para-hydroxylation sites is 1. The van der Waals surface area contributed by atoms with E-state index in [1.807, 2.05) is 0 Å². The van der Waals surface area contributed by atoms with Crippen LogP contribution in [0.5, 0.6) is 0 Å². The highest BCUT2D eigenvalue weighted by Gasteiger charge is 2.40. The van der Waals surface area contributed by atoms with E-state index in [1.54, 1.807) is 24.7 Å². The van der Waals surface area contributed by atoms with Crippen LogP contribution < -0.4 is 4.90 Å². The van der Waals surface area contributed by atoms with Gasteiger partial charge in [0.1, 0.15) is 5.82 Å². The summed E-state index contributed by atoms with van der Waals surface area (Å²) in [6.45, 7) is 1.74. The third-order valence-electron chi connectivity index (χ3n) is 3.97. The highest BCUT2D eigenvalue weighted by molar-refractivity contribution is 6.37. The molecule has 0 N–H and O–H groups in total. The third-order valence-corrected chi connectivity index (χ3v) is 3.97. The molecule has 23 heavy (non-hydrogen) atoms. The molecule has 2 amide bonds. The molecule has 3 aromatic rings. The summed E-state index contributed by atoms with van der Waals surface area (Å²) in [6, 6.07) is 5.69. The number of rotatable bonds is 1. The number of imide groups is 1. The largest absolute Gasteiger partial charge is 0.268 e. The Morgan fingerprint density at radius 1 is 1.13 bits per heavy atom. The van der Waals surface area contributed by atoms with Crippen LogP contribution in [0, 0.1) is 12.7 Å². The molecule has 0 atom stereocenters. The third kappa shape index (κ3) is 1.67. The van der Waals surface area contributed by atoms with Crippen molar-refractivity contribution < 1.29 is 14.0 Å². The average Bonchev–Trinajstić information content (AvgIpc) is 2.95. The first kappa shape index (κ1) is 13.6. The normalized spacial score (nSPS) is 14.0. The summed E-state index contributed by atoms with van der Waals surface area (Å²) < 4.78 is 15.6. The number of aromatic nitrogens is 3. The SMILES string of the molecule is Cc1nn(C)c2ncc3c(c12)C(=O)N(c1ccccc1F)C3=O.